The van der Waals surface area contributed by atoms with Gasteiger partial charge in [0.1, 0.15) is 0 Å². The highest BCUT2D eigenvalue weighted by Gasteiger charge is 2.30. The van der Waals surface area contributed by atoms with Crippen LogP contribution in [0, 0.1) is 5.41 Å². The fourth-order valence-electron chi connectivity index (χ4n) is 1.55. The Hall–Kier alpha value is 0.270. The monoisotopic (exact) mass is 175 g/mol. The Morgan fingerprint density at radius 1 is 1.64 bits per heavy atom. The van der Waals surface area contributed by atoms with Crippen molar-refractivity contribution in [1.82, 2.24) is 0 Å². The summed E-state index contributed by atoms with van der Waals surface area (Å²) in [5, 5.41) is 0. The van der Waals surface area contributed by atoms with Gasteiger partial charge in [0.05, 0.1) is 6.61 Å². The van der Waals surface area contributed by atoms with Crippen molar-refractivity contribution in [2.24, 2.45) is 11.1 Å². The van der Waals surface area contributed by atoms with E-state index >= 15 is 0 Å². The number of nitrogens with two attached hydrogens (primary N) is 1. The van der Waals surface area contributed by atoms with Crippen molar-refractivity contribution in [1.29, 1.82) is 0 Å². The van der Waals surface area contributed by atoms with E-state index in [1.807, 2.05) is 11.8 Å². The summed E-state index contributed by atoms with van der Waals surface area (Å²) in [7, 11) is 1.76. The molecule has 0 saturated carbocycles. The summed E-state index contributed by atoms with van der Waals surface area (Å²) >= 11 is 2.01. The average Bonchev–Trinajstić information content (AvgIpc) is 2.07. The molecule has 0 bridgehead atoms. The van der Waals surface area contributed by atoms with Crippen molar-refractivity contribution < 1.29 is 4.74 Å². The Labute approximate surface area is 72.9 Å². The average molecular weight is 175 g/mol. The first kappa shape index (κ1) is 9.36. The van der Waals surface area contributed by atoms with Crippen LogP contribution in [0.1, 0.15) is 12.8 Å². The summed E-state index contributed by atoms with van der Waals surface area (Å²) in [6.07, 6.45) is 2.54. The molecule has 2 N–H and O–H groups in total. The maximum atomic E-state index is 5.73. The molecule has 0 radical (unpaired) electrons. The number of methoxy groups -OCH3 is 1. The van der Waals surface area contributed by atoms with Gasteiger partial charge in [-0.2, -0.15) is 11.8 Å². The molecule has 66 valence electrons. The van der Waals surface area contributed by atoms with Gasteiger partial charge >= 0.3 is 0 Å². The van der Waals surface area contributed by atoms with Crippen LogP contribution in [0.25, 0.3) is 0 Å². The Kier molecular flexibility index (Phi) is 3.69. The fourth-order valence-corrected chi connectivity index (χ4v) is 2.82. The van der Waals surface area contributed by atoms with Gasteiger partial charge < -0.3 is 10.5 Å². The third-order valence-electron chi connectivity index (χ3n) is 2.29. The van der Waals surface area contributed by atoms with Gasteiger partial charge in [-0.15, -0.1) is 0 Å². The van der Waals surface area contributed by atoms with Crippen molar-refractivity contribution in [2.75, 3.05) is 31.8 Å². The molecule has 1 fully saturated rings. The lowest BCUT2D eigenvalue weighted by atomic mass is 9.86. The first-order chi connectivity index (χ1) is 5.33. The molecule has 0 aromatic rings. The minimum atomic E-state index is 0.289. The van der Waals surface area contributed by atoms with Crippen molar-refractivity contribution in [3.8, 4) is 0 Å². The third kappa shape index (κ3) is 2.36. The molecule has 0 aromatic carbocycles. The van der Waals surface area contributed by atoms with E-state index in [2.05, 4.69) is 0 Å². The molecular formula is C8H17NOS. The molecule has 1 rings (SSSR count). The van der Waals surface area contributed by atoms with Crippen LogP contribution in [0.4, 0.5) is 0 Å². The smallest absolute Gasteiger partial charge is 0.0538 e. The Balaban J connectivity index is 2.42. The maximum Gasteiger partial charge on any atom is 0.0538 e. The number of hydrogen-bond acceptors (Lipinski definition) is 3. The fraction of sp³-hybridized carbons (Fsp3) is 1.00. The molecule has 1 aliphatic rings. The van der Waals surface area contributed by atoms with Crippen molar-refractivity contribution in [3.63, 3.8) is 0 Å². The summed E-state index contributed by atoms with van der Waals surface area (Å²) in [6, 6.07) is 0. The van der Waals surface area contributed by atoms with Gasteiger partial charge in [0, 0.05) is 24.8 Å². The van der Waals surface area contributed by atoms with Crippen LogP contribution < -0.4 is 5.73 Å². The van der Waals surface area contributed by atoms with Gasteiger partial charge in [-0.1, -0.05) is 0 Å². The van der Waals surface area contributed by atoms with Crippen LogP contribution in [0.15, 0.2) is 0 Å². The number of thioether (sulfide) groups is 1. The van der Waals surface area contributed by atoms with E-state index in [0.29, 0.717) is 0 Å². The molecule has 3 heteroatoms. The van der Waals surface area contributed by atoms with Crippen LogP contribution in [-0.2, 0) is 4.74 Å². The molecule has 2 nitrogen and oxygen atoms in total. The number of hydrogen-bond donors (Lipinski definition) is 1. The van der Waals surface area contributed by atoms with Crippen LogP contribution in [0.2, 0.25) is 0 Å². The Morgan fingerprint density at radius 2 is 2.45 bits per heavy atom. The highest BCUT2D eigenvalue weighted by molar-refractivity contribution is 7.99. The van der Waals surface area contributed by atoms with Gasteiger partial charge in [-0.05, 0) is 18.6 Å². The number of rotatable bonds is 3. The van der Waals surface area contributed by atoms with Crippen molar-refractivity contribution in [2.45, 2.75) is 12.8 Å². The molecule has 1 atom stereocenters. The highest BCUT2D eigenvalue weighted by Crippen LogP contribution is 2.33. The number of ether oxygens (including phenoxy) is 1. The summed E-state index contributed by atoms with van der Waals surface area (Å²) < 4.78 is 5.18. The minimum Gasteiger partial charge on any atom is -0.384 e. The lowest BCUT2D eigenvalue weighted by molar-refractivity contribution is 0.0920. The molecule has 0 aromatic heterocycles. The Bertz CT molecular complexity index is 107. The van der Waals surface area contributed by atoms with E-state index in [0.717, 1.165) is 13.2 Å². The second-order valence-electron chi connectivity index (χ2n) is 3.29. The van der Waals surface area contributed by atoms with Crippen LogP contribution >= 0.6 is 11.8 Å². The minimum absolute atomic E-state index is 0.289. The zero-order valence-electron chi connectivity index (χ0n) is 7.14. The third-order valence-corrected chi connectivity index (χ3v) is 3.68. The second kappa shape index (κ2) is 4.33. The van der Waals surface area contributed by atoms with Crippen molar-refractivity contribution >= 4 is 11.8 Å². The molecule has 0 amide bonds. The second-order valence-corrected chi connectivity index (χ2v) is 4.40. The molecule has 1 unspecified atom stereocenters. The zero-order chi connectivity index (χ0) is 8.16. The molecule has 1 aliphatic heterocycles. The van der Waals surface area contributed by atoms with Gasteiger partial charge in [-0.3, -0.25) is 0 Å². The molecule has 11 heavy (non-hydrogen) atoms. The molecular weight excluding hydrogens is 158 g/mol. The SMILES string of the molecule is COCC1(CN)CCCSC1. The molecule has 0 spiro atoms. The lowest BCUT2D eigenvalue weighted by Crippen LogP contribution is -2.39. The van der Waals surface area contributed by atoms with E-state index in [4.69, 9.17) is 10.5 Å². The molecule has 1 saturated heterocycles. The predicted octanol–water partition coefficient (Wildman–Crippen LogP) is 1.10. The Morgan fingerprint density at radius 3 is 2.91 bits per heavy atom. The van der Waals surface area contributed by atoms with E-state index in [1.54, 1.807) is 7.11 Å². The highest BCUT2D eigenvalue weighted by atomic mass is 32.2. The van der Waals surface area contributed by atoms with E-state index in [-0.39, 0.29) is 5.41 Å². The topological polar surface area (TPSA) is 35.2 Å². The molecule has 0 aliphatic carbocycles. The van der Waals surface area contributed by atoms with Crippen molar-refractivity contribution in [3.05, 3.63) is 0 Å². The zero-order valence-corrected chi connectivity index (χ0v) is 7.95. The first-order valence-electron chi connectivity index (χ1n) is 4.10. The normalized spacial score (nSPS) is 32.2. The summed E-state index contributed by atoms with van der Waals surface area (Å²) in [4.78, 5) is 0. The van der Waals surface area contributed by atoms with Crippen LogP contribution in [0.3, 0.4) is 0 Å². The van der Waals surface area contributed by atoms with Gasteiger partial charge in [0.25, 0.3) is 0 Å². The quantitative estimate of drug-likeness (QED) is 0.698. The van der Waals surface area contributed by atoms with Crippen LogP contribution in [-0.4, -0.2) is 31.8 Å². The van der Waals surface area contributed by atoms with E-state index in [9.17, 15) is 0 Å². The van der Waals surface area contributed by atoms with Gasteiger partial charge in [0.15, 0.2) is 0 Å². The summed E-state index contributed by atoms with van der Waals surface area (Å²) in [5.41, 5.74) is 6.02. The van der Waals surface area contributed by atoms with E-state index in [1.165, 1.54) is 24.3 Å². The maximum absolute atomic E-state index is 5.73. The first-order valence-corrected chi connectivity index (χ1v) is 5.25. The van der Waals surface area contributed by atoms with Crippen LogP contribution in [0.5, 0.6) is 0 Å². The summed E-state index contributed by atoms with van der Waals surface area (Å²) in [6.45, 7) is 1.60. The summed E-state index contributed by atoms with van der Waals surface area (Å²) in [5.74, 6) is 2.48. The standard InChI is InChI=1S/C8H17NOS/c1-10-6-8(5-9)3-2-4-11-7-8/h2-7,9H2,1H3. The van der Waals surface area contributed by atoms with E-state index < -0.39 is 0 Å². The van der Waals surface area contributed by atoms with Gasteiger partial charge in [0.2, 0.25) is 0 Å². The molecule has 1 heterocycles. The largest absolute Gasteiger partial charge is 0.384 e. The predicted molar refractivity (Wildman–Crippen MR) is 49.9 cm³/mol. The van der Waals surface area contributed by atoms with Gasteiger partial charge in [-0.25, -0.2) is 0 Å². The lowest BCUT2D eigenvalue weighted by Gasteiger charge is -2.34.